The summed E-state index contributed by atoms with van der Waals surface area (Å²) in [5, 5.41) is 51.4. The molecule has 0 bridgehead atoms. The number of hydrogen-bond donors (Lipinski definition) is 11. The zero-order chi connectivity index (χ0) is 61.6. The quantitative estimate of drug-likeness (QED) is 0.0260. The summed E-state index contributed by atoms with van der Waals surface area (Å²) >= 11 is 0. The van der Waals surface area contributed by atoms with Gasteiger partial charge in [-0.25, -0.2) is 13.4 Å². The Bertz CT molecular complexity index is 2990. The van der Waals surface area contributed by atoms with Gasteiger partial charge in [-0.1, -0.05) is 18.2 Å². The minimum Gasteiger partial charge on any atom is -0.494 e. The summed E-state index contributed by atoms with van der Waals surface area (Å²) in [6.45, 7) is 2.06. The zero-order valence-electron chi connectivity index (χ0n) is 46.8. The van der Waals surface area contributed by atoms with Gasteiger partial charge >= 0.3 is 23.9 Å². The van der Waals surface area contributed by atoms with E-state index in [1.807, 2.05) is 6.07 Å². The first kappa shape index (κ1) is 67.4. The minimum atomic E-state index is -4.84. The largest absolute Gasteiger partial charge is 0.494 e. The molecule has 2 aliphatic heterocycles. The van der Waals surface area contributed by atoms with Crippen molar-refractivity contribution in [2.75, 3.05) is 122 Å². The highest BCUT2D eigenvalue weighted by Crippen LogP contribution is 2.27. The summed E-state index contributed by atoms with van der Waals surface area (Å²) in [7, 11) is -9.30. The Morgan fingerprint density at radius 3 is 1.76 bits per heavy atom. The van der Waals surface area contributed by atoms with Crippen molar-refractivity contribution >= 4 is 73.5 Å². The SMILES string of the molecule is Cc1cc(OCCCC(=O)NCCNC(=O)[C@H](CS(=O)(=O)O)NC(=O)CN2CCN(CC(=O)O)CCN(CC(=O)O)CCN(CC(=O)O)CC2)cc(C)c1S(=O)(=O)N[C@@H](CNC(=O)c1ccc(CCc2ccc3c(n2)NCCC3)cc1)C(=O)O. The van der Waals surface area contributed by atoms with Crippen LogP contribution in [-0.4, -0.2) is 243 Å². The Labute approximate surface area is 486 Å². The van der Waals surface area contributed by atoms with E-state index < -0.39 is 112 Å². The number of sulfonamides is 1. The van der Waals surface area contributed by atoms with Crippen LogP contribution in [0.25, 0.3) is 0 Å². The number of anilines is 1. The van der Waals surface area contributed by atoms with Crippen molar-refractivity contribution in [3.05, 3.63) is 82.0 Å². The minimum absolute atomic E-state index is 0.00436. The average molecular weight is 1220 g/mol. The highest BCUT2D eigenvalue weighted by atomic mass is 32.2. The standard InChI is InChI=1S/C53H75N11O18S2/c1-35-27-41(28-36(2)49(35)84(80,81)60-42(53(75)76)29-57-51(73)39-10-7-37(8-11-39)9-13-40-14-12-38-5-3-15-55-50(38)58-40)82-26-4-6-44(65)54-16-17-56-52(74)43(34-83(77,78)79)59-45(66)30-61-18-20-62(31-46(67)68)22-24-64(33-48(71)72)25-23-63(21-19-61)32-47(69)70/h7-8,10-12,14,27-28,42-43,60H,3-6,9,13,15-26,29-34H2,1-2H3,(H,54,65)(H,55,58)(H,56,74)(H,57,73)(H,59,66)(H,67,68)(H,69,70)(H,71,72)(H,75,76)(H,77,78,79)/t42-,43-/m0/s1. The van der Waals surface area contributed by atoms with Gasteiger partial charge in [-0.15, -0.1) is 0 Å². The maximum Gasteiger partial charge on any atom is 0.323 e. The molecular weight excluding hydrogens is 1140 g/mol. The number of carbonyl (C=O) groups excluding carboxylic acids is 4. The van der Waals surface area contributed by atoms with Gasteiger partial charge in [0.05, 0.1) is 37.7 Å². The molecule has 3 heterocycles. The first-order valence-electron chi connectivity index (χ1n) is 27.2. The van der Waals surface area contributed by atoms with Crippen LogP contribution in [-0.2, 0) is 73.0 Å². The van der Waals surface area contributed by atoms with Crippen molar-refractivity contribution in [2.24, 2.45) is 0 Å². The second kappa shape index (κ2) is 32.6. The molecule has 0 unspecified atom stereocenters. The van der Waals surface area contributed by atoms with Crippen molar-refractivity contribution in [2.45, 2.75) is 69.4 Å². The van der Waals surface area contributed by atoms with Gasteiger partial charge < -0.3 is 51.7 Å². The Morgan fingerprint density at radius 1 is 0.679 bits per heavy atom. The number of carbonyl (C=O) groups is 8. The van der Waals surface area contributed by atoms with Crippen LogP contribution in [0.1, 0.15) is 57.6 Å². The van der Waals surface area contributed by atoms with E-state index >= 15 is 0 Å². The third-order valence-corrected chi connectivity index (χ3v) is 16.1. The molecule has 1 fully saturated rings. The van der Waals surface area contributed by atoms with Gasteiger partial charge in [0.15, 0.2) is 0 Å². The maximum absolute atomic E-state index is 13.6. The fourth-order valence-electron chi connectivity index (χ4n) is 9.39. The molecule has 5 rings (SSSR count). The summed E-state index contributed by atoms with van der Waals surface area (Å²) in [5.41, 5.74) is 3.80. The van der Waals surface area contributed by atoms with E-state index in [2.05, 4.69) is 37.4 Å². The zero-order valence-corrected chi connectivity index (χ0v) is 48.5. The molecule has 29 nitrogen and oxygen atoms in total. The normalized spacial score (nSPS) is 15.8. The number of amides is 4. The molecule has 11 N–H and O–H groups in total. The topological polar surface area (TPSA) is 413 Å². The lowest BCUT2D eigenvalue weighted by Gasteiger charge is -2.33. The van der Waals surface area contributed by atoms with Crippen LogP contribution in [0.3, 0.4) is 0 Å². The molecule has 0 spiro atoms. The number of carboxylic acids is 4. The molecule has 4 amide bonds. The number of aryl methyl sites for hydroxylation is 5. The molecule has 1 aromatic heterocycles. The van der Waals surface area contributed by atoms with Gasteiger partial charge in [-0.3, -0.25) is 62.5 Å². The number of aliphatic carboxylic acids is 4. The number of hydrogen-bond acceptors (Lipinski definition) is 19. The van der Waals surface area contributed by atoms with Crippen LogP contribution in [0, 0.1) is 13.8 Å². The molecule has 31 heteroatoms. The van der Waals surface area contributed by atoms with E-state index in [0.717, 1.165) is 36.5 Å². The predicted octanol–water partition coefficient (Wildman–Crippen LogP) is -1.76. The van der Waals surface area contributed by atoms with Gasteiger partial charge in [0.25, 0.3) is 16.0 Å². The molecule has 0 radical (unpaired) electrons. The Morgan fingerprint density at radius 2 is 1.23 bits per heavy atom. The molecule has 3 aromatic rings. The maximum atomic E-state index is 13.6. The number of nitrogens with zero attached hydrogens (tertiary/aromatic N) is 5. The number of aromatic nitrogens is 1. The second-order valence-electron chi connectivity index (χ2n) is 20.4. The molecule has 1 saturated heterocycles. The van der Waals surface area contributed by atoms with Crippen molar-refractivity contribution < 1.29 is 84.9 Å². The van der Waals surface area contributed by atoms with E-state index in [-0.39, 0.29) is 119 Å². The van der Waals surface area contributed by atoms with Crippen LogP contribution in [0.5, 0.6) is 5.75 Å². The van der Waals surface area contributed by atoms with Gasteiger partial charge in [-0.05, 0) is 98.5 Å². The first-order valence-corrected chi connectivity index (χ1v) is 30.3. The number of ether oxygens (including phenoxy) is 1. The van der Waals surface area contributed by atoms with Crippen molar-refractivity contribution in [1.29, 1.82) is 0 Å². The van der Waals surface area contributed by atoms with Crippen molar-refractivity contribution in [3.63, 3.8) is 0 Å². The van der Waals surface area contributed by atoms with Gasteiger partial charge in [0, 0.05) is 96.2 Å². The lowest BCUT2D eigenvalue weighted by molar-refractivity contribution is -0.140. The summed E-state index contributed by atoms with van der Waals surface area (Å²) < 4.78 is 68.6. The first-order chi connectivity index (χ1) is 39.7. The Kier molecular flexibility index (Phi) is 26.2. The third-order valence-electron chi connectivity index (χ3n) is 13.6. The van der Waals surface area contributed by atoms with Crippen molar-refractivity contribution in [3.8, 4) is 5.75 Å². The summed E-state index contributed by atoms with van der Waals surface area (Å²) in [5.74, 6) is -7.95. The fraction of sp³-hybridized carbons (Fsp3) is 0.528. The monoisotopic (exact) mass is 1220 g/mol. The van der Waals surface area contributed by atoms with Crippen LogP contribution >= 0.6 is 0 Å². The Hall–Kier alpha value is -7.39. The van der Waals surface area contributed by atoms with Gasteiger partial charge in [0.1, 0.15) is 29.4 Å². The number of pyridine rings is 1. The number of carboxylic acid groups (broad SMARTS) is 4. The summed E-state index contributed by atoms with van der Waals surface area (Å²) in [4.78, 5) is 110. The second-order valence-corrected chi connectivity index (χ2v) is 23.5. The number of nitrogens with one attached hydrogen (secondary N) is 6. The lowest BCUT2D eigenvalue weighted by atomic mass is 10.0. The van der Waals surface area contributed by atoms with Gasteiger partial charge in [-0.2, -0.15) is 13.1 Å². The number of rotatable bonds is 30. The van der Waals surface area contributed by atoms with E-state index in [4.69, 9.17) is 9.72 Å². The number of fused-ring (bicyclic) bond motifs is 1. The molecule has 0 aliphatic carbocycles. The van der Waals surface area contributed by atoms with E-state index in [1.54, 1.807) is 34.1 Å². The molecule has 84 heavy (non-hydrogen) atoms. The molecule has 462 valence electrons. The Balaban J connectivity index is 1.05. The fourth-order valence-corrected chi connectivity index (χ4v) is 11.7. The molecule has 2 aliphatic rings. The molecular formula is C53H75N11O18S2. The highest BCUT2D eigenvalue weighted by molar-refractivity contribution is 7.89. The third kappa shape index (κ3) is 23.7. The number of benzene rings is 2. The van der Waals surface area contributed by atoms with E-state index in [1.165, 1.54) is 41.3 Å². The molecule has 0 saturated carbocycles. The van der Waals surface area contributed by atoms with Crippen molar-refractivity contribution in [1.82, 2.24) is 50.6 Å². The van der Waals surface area contributed by atoms with Crippen LogP contribution in [0.15, 0.2) is 53.4 Å². The highest BCUT2D eigenvalue weighted by Gasteiger charge is 2.30. The van der Waals surface area contributed by atoms with Crippen LogP contribution in [0.2, 0.25) is 0 Å². The van der Waals surface area contributed by atoms with Crippen LogP contribution in [0.4, 0.5) is 5.82 Å². The summed E-state index contributed by atoms with van der Waals surface area (Å²) in [6.07, 6.45) is 3.55. The lowest BCUT2D eigenvalue weighted by Crippen LogP contribution is -2.54. The molecule has 2 atom stereocenters. The van der Waals surface area contributed by atoms with E-state index in [9.17, 15) is 80.2 Å². The molecule has 2 aromatic carbocycles. The smallest absolute Gasteiger partial charge is 0.323 e. The van der Waals surface area contributed by atoms with Gasteiger partial charge in [0.2, 0.25) is 27.7 Å². The average Bonchev–Trinajstić information content (AvgIpc) is 3.35. The summed E-state index contributed by atoms with van der Waals surface area (Å²) in [6, 6.07) is 10.2. The van der Waals surface area contributed by atoms with Crippen LogP contribution < -0.4 is 36.0 Å². The van der Waals surface area contributed by atoms with E-state index in [0.29, 0.717) is 12.8 Å². The predicted molar refractivity (Wildman–Crippen MR) is 303 cm³/mol.